The van der Waals surface area contributed by atoms with Gasteiger partial charge in [-0.15, -0.1) is 0 Å². The lowest BCUT2D eigenvalue weighted by Crippen LogP contribution is -2.49. The lowest BCUT2D eigenvalue weighted by molar-refractivity contribution is -0.0436. The number of hydrogen-bond donors (Lipinski definition) is 1. The van der Waals surface area contributed by atoms with E-state index in [2.05, 4.69) is 4.90 Å². The standard InChI is InChI=1S/C28H32F3NO3/c1-18-24-14-22(33)4-7-25(24)35-27(26(18)20-8-10-28(30,31)11-9-20)21-2-5-23(6-3-21)34-13-12-32-16-19(15-29)17-32/h2-7,14,19-20,27,33H,8-13,15-17H2,1H3. The Morgan fingerprint density at radius 3 is 2.49 bits per heavy atom. The Hall–Kier alpha value is -2.67. The minimum absolute atomic E-state index is 0.00396. The van der Waals surface area contributed by atoms with Crippen LogP contribution in [0.25, 0.3) is 5.57 Å². The van der Waals surface area contributed by atoms with Crippen LogP contribution in [0, 0.1) is 11.8 Å². The van der Waals surface area contributed by atoms with Crippen molar-refractivity contribution in [3.8, 4) is 17.2 Å². The third-order valence-electron chi connectivity index (χ3n) is 7.59. The van der Waals surface area contributed by atoms with Gasteiger partial charge in [0.25, 0.3) is 0 Å². The quantitative estimate of drug-likeness (QED) is 0.490. The van der Waals surface area contributed by atoms with Crippen molar-refractivity contribution in [1.29, 1.82) is 0 Å². The van der Waals surface area contributed by atoms with Gasteiger partial charge in [-0.2, -0.15) is 0 Å². The summed E-state index contributed by atoms with van der Waals surface area (Å²) in [5.74, 6) is -0.863. The molecule has 2 fully saturated rings. The molecule has 5 rings (SSSR count). The number of allylic oxidation sites excluding steroid dienone is 1. The van der Waals surface area contributed by atoms with Gasteiger partial charge in [0.15, 0.2) is 0 Å². The van der Waals surface area contributed by atoms with Gasteiger partial charge in [-0.3, -0.25) is 9.29 Å². The predicted octanol–water partition coefficient (Wildman–Crippen LogP) is 6.41. The second kappa shape index (κ2) is 9.76. The Bertz CT molecular complexity index is 1070. The first kappa shape index (κ1) is 24.0. The summed E-state index contributed by atoms with van der Waals surface area (Å²) in [6.07, 6.45) is 0.202. The number of phenols is 1. The molecule has 0 amide bonds. The van der Waals surface area contributed by atoms with Crippen molar-refractivity contribution < 1.29 is 27.8 Å². The number of fused-ring (bicyclic) bond motifs is 1. The van der Waals surface area contributed by atoms with Gasteiger partial charge in [0, 0.05) is 44.0 Å². The molecular weight excluding hydrogens is 455 g/mol. The number of benzene rings is 2. The van der Waals surface area contributed by atoms with Crippen molar-refractivity contribution in [1.82, 2.24) is 4.90 Å². The molecule has 1 N–H and O–H groups in total. The molecule has 188 valence electrons. The van der Waals surface area contributed by atoms with E-state index in [0.29, 0.717) is 25.2 Å². The van der Waals surface area contributed by atoms with Crippen molar-refractivity contribution >= 4 is 5.57 Å². The highest BCUT2D eigenvalue weighted by molar-refractivity contribution is 5.76. The topological polar surface area (TPSA) is 41.9 Å². The number of rotatable bonds is 7. The summed E-state index contributed by atoms with van der Waals surface area (Å²) < 4.78 is 52.7. The summed E-state index contributed by atoms with van der Waals surface area (Å²) in [6, 6.07) is 12.8. The molecule has 0 bridgehead atoms. The number of hydrogen-bond acceptors (Lipinski definition) is 4. The van der Waals surface area contributed by atoms with E-state index in [4.69, 9.17) is 9.47 Å². The van der Waals surface area contributed by atoms with Crippen LogP contribution in [0.4, 0.5) is 13.2 Å². The molecule has 35 heavy (non-hydrogen) atoms. The minimum Gasteiger partial charge on any atom is -0.508 e. The van der Waals surface area contributed by atoms with Crippen LogP contribution in [0.1, 0.15) is 49.8 Å². The highest BCUT2D eigenvalue weighted by Crippen LogP contribution is 2.50. The highest BCUT2D eigenvalue weighted by atomic mass is 19.3. The minimum atomic E-state index is -2.60. The number of phenolic OH excluding ortho intramolecular Hbond substituents is 1. The number of aromatic hydroxyl groups is 1. The van der Waals surface area contributed by atoms with Crippen molar-refractivity contribution in [2.45, 2.75) is 44.6 Å². The number of nitrogens with zero attached hydrogens (tertiary/aromatic N) is 1. The first-order valence-corrected chi connectivity index (χ1v) is 12.4. The smallest absolute Gasteiger partial charge is 0.248 e. The van der Waals surface area contributed by atoms with E-state index in [-0.39, 0.29) is 43.2 Å². The molecule has 7 heteroatoms. The largest absolute Gasteiger partial charge is 0.508 e. The Kier molecular flexibility index (Phi) is 6.71. The first-order chi connectivity index (χ1) is 16.8. The summed E-state index contributed by atoms with van der Waals surface area (Å²) in [7, 11) is 0. The van der Waals surface area contributed by atoms with E-state index in [1.165, 1.54) is 0 Å². The Morgan fingerprint density at radius 1 is 1.09 bits per heavy atom. The summed E-state index contributed by atoms with van der Waals surface area (Å²) in [6.45, 7) is 4.63. The van der Waals surface area contributed by atoms with Crippen LogP contribution in [-0.4, -0.2) is 48.8 Å². The van der Waals surface area contributed by atoms with Crippen molar-refractivity contribution in [2.24, 2.45) is 11.8 Å². The molecule has 0 radical (unpaired) electrons. The monoisotopic (exact) mass is 487 g/mol. The third-order valence-corrected chi connectivity index (χ3v) is 7.59. The molecule has 0 spiro atoms. The summed E-state index contributed by atoms with van der Waals surface area (Å²) in [4.78, 5) is 2.18. The molecule has 3 aliphatic rings. The Labute approximate surface area is 204 Å². The molecule has 2 aliphatic heterocycles. The van der Waals surface area contributed by atoms with Gasteiger partial charge in [-0.1, -0.05) is 12.1 Å². The summed E-state index contributed by atoms with van der Waals surface area (Å²) in [5, 5.41) is 10.0. The highest BCUT2D eigenvalue weighted by Gasteiger charge is 2.40. The molecule has 1 saturated heterocycles. The second-order valence-corrected chi connectivity index (χ2v) is 10.1. The van der Waals surface area contributed by atoms with Gasteiger partial charge in [-0.05, 0) is 72.7 Å². The van der Waals surface area contributed by atoms with Crippen LogP contribution in [0.3, 0.4) is 0 Å². The second-order valence-electron chi connectivity index (χ2n) is 10.1. The normalized spacial score (nSPS) is 22.9. The molecule has 1 aliphatic carbocycles. The number of halogens is 3. The average molecular weight is 488 g/mol. The summed E-state index contributed by atoms with van der Waals surface area (Å²) >= 11 is 0. The van der Waals surface area contributed by atoms with E-state index in [0.717, 1.165) is 47.7 Å². The molecule has 2 aromatic rings. The van der Waals surface area contributed by atoms with Crippen molar-refractivity contribution in [3.05, 3.63) is 59.2 Å². The Balaban J connectivity index is 1.33. The van der Waals surface area contributed by atoms with Crippen LogP contribution < -0.4 is 9.47 Å². The average Bonchev–Trinajstić information content (AvgIpc) is 2.82. The molecule has 0 aromatic heterocycles. The predicted molar refractivity (Wildman–Crippen MR) is 129 cm³/mol. The fourth-order valence-electron chi connectivity index (χ4n) is 5.56. The van der Waals surface area contributed by atoms with Gasteiger partial charge < -0.3 is 14.6 Å². The van der Waals surface area contributed by atoms with Gasteiger partial charge in [0.2, 0.25) is 5.92 Å². The van der Waals surface area contributed by atoms with Crippen LogP contribution >= 0.6 is 0 Å². The maximum atomic E-state index is 13.9. The summed E-state index contributed by atoms with van der Waals surface area (Å²) in [5.41, 5.74) is 3.77. The van der Waals surface area contributed by atoms with Gasteiger partial charge in [0.05, 0.1) is 6.67 Å². The van der Waals surface area contributed by atoms with E-state index >= 15 is 0 Å². The maximum Gasteiger partial charge on any atom is 0.248 e. The Morgan fingerprint density at radius 2 is 1.80 bits per heavy atom. The van der Waals surface area contributed by atoms with Crippen LogP contribution in [0.2, 0.25) is 0 Å². The lowest BCUT2D eigenvalue weighted by Gasteiger charge is -2.38. The fourth-order valence-corrected chi connectivity index (χ4v) is 5.56. The molecular formula is C28H32F3NO3. The lowest BCUT2D eigenvalue weighted by atomic mass is 9.75. The molecule has 1 unspecified atom stereocenters. The molecule has 1 saturated carbocycles. The first-order valence-electron chi connectivity index (χ1n) is 12.4. The number of likely N-dealkylation sites (tertiary alicyclic amines) is 1. The molecule has 2 heterocycles. The van der Waals surface area contributed by atoms with Crippen molar-refractivity contribution in [3.63, 3.8) is 0 Å². The molecule has 4 nitrogen and oxygen atoms in total. The number of alkyl halides is 3. The number of ether oxygens (including phenoxy) is 2. The molecule has 2 aromatic carbocycles. The van der Waals surface area contributed by atoms with Gasteiger partial charge >= 0.3 is 0 Å². The van der Waals surface area contributed by atoms with E-state index < -0.39 is 5.92 Å². The van der Waals surface area contributed by atoms with Gasteiger partial charge in [0.1, 0.15) is 30.0 Å². The van der Waals surface area contributed by atoms with Crippen molar-refractivity contribution in [2.75, 3.05) is 32.9 Å². The fraction of sp³-hybridized carbons (Fsp3) is 0.500. The van der Waals surface area contributed by atoms with E-state index in [9.17, 15) is 18.3 Å². The zero-order valence-corrected chi connectivity index (χ0v) is 20.0. The van der Waals surface area contributed by atoms with Crippen LogP contribution in [0.5, 0.6) is 17.2 Å². The third kappa shape index (κ3) is 5.15. The van der Waals surface area contributed by atoms with Crippen LogP contribution in [-0.2, 0) is 0 Å². The van der Waals surface area contributed by atoms with Crippen LogP contribution in [0.15, 0.2) is 48.0 Å². The zero-order chi connectivity index (χ0) is 24.6. The van der Waals surface area contributed by atoms with E-state index in [1.807, 2.05) is 31.2 Å². The SMILES string of the molecule is CC1=C(C2CCC(F)(F)CC2)C(c2ccc(OCCN3CC(CF)C3)cc2)Oc2ccc(O)cc21. The van der Waals surface area contributed by atoms with E-state index in [1.54, 1.807) is 18.2 Å². The molecule has 1 atom stereocenters. The zero-order valence-electron chi connectivity index (χ0n) is 20.0. The van der Waals surface area contributed by atoms with Gasteiger partial charge in [-0.25, -0.2) is 8.78 Å². The maximum absolute atomic E-state index is 13.9.